The van der Waals surface area contributed by atoms with Gasteiger partial charge in [-0.1, -0.05) is 125 Å². The van der Waals surface area contributed by atoms with Crippen molar-refractivity contribution >= 4 is 19.8 Å². The fraction of sp³-hybridized carbons (Fsp3) is 0.702. The third-order valence-electron chi connectivity index (χ3n) is 10.1. The lowest BCUT2D eigenvalue weighted by atomic mass is 9.85. The number of carbonyl (C=O) groups is 2. The van der Waals surface area contributed by atoms with Gasteiger partial charge in [0, 0.05) is 12.8 Å². The minimum Gasteiger partial charge on any atom is -0.462 e. The van der Waals surface area contributed by atoms with Gasteiger partial charge in [-0.15, -0.1) is 0 Å². The van der Waals surface area contributed by atoms with Crippen LogP contribution in [0.3, 0.4) is 0 Å². The third-order valence-corrected chi connectivity index (χ3v) is 11.1. The van der Waals surface area contributed by atoms with Gasteiger partial charge in [-0.3, -0.25) is 18.6 Å². The molecule has 1 aliphatic carbocycles. The third kappa shape index (κ3) is 28.8. The van der Waals surface area contributed by atoms with Gasteiger partial charge in [-0.2, -0.15) is 0 Å². The number of phosphoric ester groups is 1. The quantitative estimate of drug-likeness (QED) is 0.0138. The summed E-state index contributed by atoms with van der Waals surface area (Å²) in [4.78, 5) is 35.7. The summed E-state index contributed by atoms with van der Waals surface area (Å²) in [5, 5.41) is 59.8. The molecule has 0 aromatic heterocycles. The predicted octanol–water partition coefficient (Wildman–Crippen LogP) is 7.69. The van der Waals surface area contributed by atoms with E-state index in [1.165, 1.54) is 19.3 Å². The van der Waals surface area contributed by atoms with Crippen molar-refractivity contribution in [2.45, 2.75) is 198 Å². The zero-order chi connectivity index (χ0) is 45.9. The highest BCUT2D eigenvalue weighted by molar-refractivity contribution is 7.47. The maximum absolute atomic E-state index is 12.8. The van der Waals surface area contributed by atoms with Crippen molar-refractivity contribution in [3.63, 3.8) is 0 Å². The molecule has 62 heavy (non-hydrogen) atoms. The molecule has 0 aliphatic heterocycles. The van der Waals surface area contributed by atoms with Crippen molar-refractivity contribution in [2.75, 3.05) is 13.2 Å². The van der Waals surface area contributed by atoms with E-state index in [0.29, 0.717) is 25.7 Å². The summed E-state index contributed by atoms with van der Waals surface area (Å²) in [6.07, 6.45) is 28.7. The smallest absolute Gasteiger partial charge is 0.462 e. The lowest BCUT2D eigenvalue weighted by Crippen LogP contribution is -2.64. The normalized spacial score (nSPS) is 23.0. The highest BCUT2D eigenvalue weighted by Gasteiger charge is 2.51. The van der Waals surface area contributed by atoms with Crippen molar-refractivity contribution in [2.24, 2.45) is 0 Å². The molecule has 9 atom stereocenters. The lowest BCUT2D eigenvalue weighted by molar-refractivity contribution is -0.220. The number of aliphatic hydroxyl groups is 6. The molecule has 0 amide bonds. The summed E-state index contributed by atoms with van der Waals surface area (Å²) in [5.74, 6) is -1.21. The Morgan fingerprint density at radius 3 is 1.60 bits per heavy atom. The number of unbranched alkanes of at least 4 members (excludes halogenated alkanes) is 9. The Hall–Kier alpha value is -2.75. The van der Waals surface area contributed by atoms with E-state index in [4.69, 9.17) is 18.5 Å². The number of carbonyl (C=O) groups excluding carboxylic acids is 2. The summed E-state index contributed by atoms with van der Waals surface area (Å²) in [7, 11) is -5.15. The summed E-state index contributed by atoms with van der Waals surface area (Å²) >= 11 is 0. The van der Waals surface area contributed by atoms with Crippen LogP contribution in [0.15, 0.2) is 72.9 Å². The number of hydrogen-bond donors (Lipinski definition) is 7. The Labute approximate surface area is 370 Å². The predicted molar refractivity (Wildman–Crippen MR) is 241 cm³/mol. The Balaban J connectivity index is 2.53. The van der Waals surface area contributed by atoms with Crippen molar-refractivity contribution < 1.29 is 68.2 Å². The average molecular weight is 899 g/mol. The van der Waals surface area contributed by atoms with Crippen LogP contribution in [-0.2, 0) is 32.7 Å². The number of aliphatic hydroxyl groups excluding tert-OH is 6. The highest BCUT2D eigenvalue weighted by atomic mass is 31.2. The second-order valence-electron chi connectivity index (χ2n) is 15.7. The number of rotatable bonds is 36. The first-order valence-corrected chi connectivity index (χ1v) is 24.3. The van der Waals surface area contributed by atoms with E-state index in [9.17, 15) is 49.7 Å². The molecule has 1 fully saturated rings. The van der Waals surface area contributed by atoms with Crippen molar-refractivity contribution in [3.8, 4) is 0 Å². The second-order valence-corrected chi connectivity index (χ2v) is 17.1. The molecule has 14 nitrogen and oxygen atoms in total. The standard InChI is InChI=1S/C47H79O14P/c1-3-5-6-7-8-9-10-11-12-15-19-22-25-28-31-35-41(50)60-39(37-59-62(56,57)61-47-45(54)43(52)42(51)44(53)46(47)55)36-58-40(49)34-30-27-24-21-18-16-13-14-17-20-23-26-29-33-38(48)32-4-2/h8-9,11-13,16-17,20-21,24,26,29,38-39,42-48,51-55H,3-7,10,14-15,18-19,22-23,25,27-28,30-37H2,1-2H3,(H,56,57)/b9-8-,12-11-,16-13-,20-17-,24-21-,29-26-/t38?,39-,42?,43-,44+,45-,46-,47?/m1/s1. The summed E-state index contributed by atoms with van der Waals surface area (Å²) < 4.78 is 33.4. The first-order valence-electron chi connectivity index (χ1n) is 22.8. The highest BCUT2D eigenvalue weighted by Crippen LogP contribution is 2.47. The maximum Gasteiger partial charge on any atom is 0.472 e. The molecule has 1 rings (SSSR count). The van der Waals surface area contributed by atoms with E-state index in [1.807, 2.05) is 18.2 Å². The fourth-order valence-electron chi connectivity index (χ4n) is 6.38. The maximum atomic E-state index is 12.8. The molecule has 15 heteroatoms. The second kappa shape index (κ2) is 36.6. The molecule has 1 aliphatic rings. The van der Waals surface area contributed by atoms with Crippen molar-refractivity contribution in [3.05, 3.63) is 72.9 Å². The van der Waals surface area contributed by atoms with Gasteiger partial charge < -0.3 is 45.0 Å². The molecule has 1 saturated carbocycles. The minimum absolute atomic E-state index is 0.0578. The topological polar surface area (TPSA) is 230 Å². The molecular weight excluding hydrogens is 819 g/mol. The van der Waals surface area contributed by atoms with Crippen LogP contribution in [-0.4, -0.2) is 110 Å². The molecule has 4 unspecified atom stereocenters. The van der Waals surface area contributed by atoms with Crippen LogP contribution >= 0.6 is 7.82 Å². The van der Waals surface area contributed by atoms with E-state index in [-0.39, 0.29) is 18.9 Å². The van der Waals surface area contributed by atoms with Crippen LogP contribution in [0.1, 0.15) is 149 Å². The fourth-order valence-corrected chi connectivity index (χ4v) is 7.35. The van der Waals surface area contributed by atoms with Crippen LogP contribution in [0, 0.1) is 0 Å². The Bertz CT molecular complexity index is 1380. The van der Waals surface area contributed by atoms with Crippen LogP contribution in [0.25, 0.3) is 0 Å². The summed E-state index contributed by atoms with van der Waals surface area (Å²) in [5.41, 5.74) is 0. The van der Waals surface area contributed by atoms with Gasteiger partial charge >= 0.3 is 19.8 Å². The molecule has 0 radical (unpaired) electrons. The summed E-state index contributed by atoms with van der Waals surface area (Å²) in [6.45, 7) is 3.00. The first kappa shape index (κ1) is 57.3. The molecule has 0 aromatic rings. The van der Waals surface area contributed by atoms with Crippen LogP contribution in [0.4, 0.5) is 0 Å². The Morgan fingerprint density at radius 1 is 0.565 bits per heavy atom. The lowest BCUT2D eigenvalue weighted by Gasteiger charge is -2.41. The summed E-state index contributed by atoms with van der Waals surface area (Å²) in [6, 6.07) is 0. The van der Waals surface area contributed by atoms with Gasteiger partial charge in [0.25, 0.3) is 0 Å². The van der Waals surface area contributed by atoms with E-state index in [2.05, 4.69) is 68.5 Å². The molecule has 0 aromatic carbocycles. The van der Waals surface area contributed by atoms with Gasteiger partial charge in [0.15, 0.2) is 6.10 Å². The number of esters is 2. The Morgan fingerprint density at radius 2 is 1.03 bits per heavy atom. The molecule has 0 heterocycles. The van der Waals surface area contributed by atoms with Gasteiger partial charge in [0.05, 0.1) is 12.7 Å². The molecule has 7 N–H and O–H groups in total. The number of ether oxygens (including phenoxy) is 2. The molecule has 0 bridgehead atoms. The van der Waals surface area contributed by atoms with Gasteiger partial charge in [-0.25, -0.2) is 4.57 Å². The SMILES string of the molecule is CCCCC/C=C\C/C=C\CCCCCCCC(=O)O[C@H](COC(=O)CCC/C=C\C/C=C\C/C=C\C/C=C\CC(O)CCC)COP(=O)(O)OC1[C@H](O)[C@H](O)C(O)[C@H](O)[C@H]1O. The minimum atomic E-state index is -5.15. The monoisotopic (exact) mass is 899 g/mol. The van der Waals surface area contributed by atoms with Gasteiger partial charge in [-0.05, 0) is 83.5 Å². The van der Waals surface area contributed by atoms with Gasteiger partial charge in [0.2, 0.25) is 0 Å². The van der Waals surface area contributed by atoms with E-state index < -0.39 is 75.7 Å². The molecule has 356 valence electrons. The molecule has 0 spiro atoms. The van der Waals surface area contributed by atoms with Gasteiger partial charge in [0.1, 0.15) is 43.2 Å². The zero-order valence-corrected chi connectivity index (χ0v) is 38.1. The largest absolute Gasteiger partial charge is 0.472 e. The Kier molecular flexibility index (Phi) is 33.8. The number of phosphoric acid groups is 1. The van der Waals surface area contributed by atoms with Crippen molar-refractivity contribution in [1.29, 1.82) is 0 Å². The average Bonchev–Trinajstić information content (AvgIpc) is 3.24. The van der Waals surface area contributed by atoms with E-state index in [0.717, 1.165) is 77.0 Å². The number of allylic oxidation sites excluding steroid dienone is 11. The first-order chi connectivity index (χ1) is 29.8. The van der Waals surface area contributed by atoms with Crippen molar-refractivity contribution in [1.82, 2.24) is 0 Å². The van der Waals surface area contributed by atoms with Crippen LogP contribution in [0.5, 0.6) is 0 Å². The van der Waals surface area contributed by atoms with Crippen LogP contribution in [0.2, 0.25) is 0 Å². The van der Waals surface area contributed by atoms with E-state index in [1.54, 1.807) is 0 Å². The zero-order valence-electron chi connectivity index (χ0n) is 37.2. The molecule has 0 saturated heterocycles. The number of hydrogen-bond acceptors (Lipinski definition) is 13. The van der Waals surface area contributed by atoms with Crippen LogP contribution < -0.4 is 0 Å². The van der Waals surface area contributed by atoms with E-state index >= 15 is 0 Å². The molecular formula is C47H79O14P.